The van der Waals surface area contributed by atoms with E-state index in [4.69, 9.17) is 22.1 Å². The van der Waals surface area contributed by atoms with Gasteiger partial charge in [-0.25, -0.2) is 4.98 Å². The average Bonchev–Trinajstić information content (AvgIpc) is 2.21. The van der Waals surface area contributed by atoms with E-state index >= 15 is 0 Å². The first kappa shape index (κ1) is 12.5. The third kappa shape index (κ3) is 3.23. The lowest BCUT2D eigenvalue weighted by atomic mass is 10.3. The third-order valence-corrected chi connectivity index (χ3v) is 1.98. The number of nitrogen functional groups attached to an aromatic ring is 1. The van der Waals surface area contributed by atoms with E-state index in [-0.39, 0.29) is 17.8 Å². The minimum atomic E-state index is -0.380. The predicted octanol–water partition coefficient (Wildman–Crippen LogP) is 0.996. The number of anilines is 2. The number of rotatable bonds is 4. The number of nitrogens with one attached hydrogen (secondary N) is 1. The molecule has 0 saturated heterocycles. The number of nitrogens with zero attached hydrogens (tertiary/aromatic N) is 2. The van der Waals surface area contributed by atoms with Crippen molar-refractivity contribution in [1.29, 1.82) is 0 Å². The molecule has 0 fully saturated rings. The van der Waals surface area contributed by atoms with Crippen LogP contribution >= 0.6 is 11.6 Å². The van der Waals surface area contributed by atoms with Crippen LogP contribution in [-0.4, -0.2) is 29.1 Å². The Morgan fingerprint density at radius 2 is 2.25 bits per heavy atom. The summed E-state index contributed by atoms with van der Waals surface area (Å²) in [5.74, 6) is -0.0418. The molecular weight excluding hydrogens is 232 g/mol. The van der Waals surface area contributed by atoms with Crippen molar-refractivity contribution in [2.75, 3.05) is 24.2 Å². The van der Waals surface area contributed by atoms with Gasteiger partial charge in [-0.05, 0) is 25.4 Å². The number of esters is 1. The Kier molecular flexibility index (Phi) is 4.30. The number of aromatic nitrogens is 2. The molecule has 0 radical (unpaired) electrons. The molecule has 88 valence electrons. The third-order valence-electron chi connectivity index (χ3n) is 1.81. The van der Waals surface area contributed by atoms with Gasteiger partial charge in [0, 0.05) is 0 Å². The number of carbonyl (C=O) groups is 1. The quantitative estimate of drug-likeness (QED) is 0.607. The van der Waals surface area contributed by atoms with Crippen LogP contribution in [0.1, 0.15) is 12.6 Å². The van der Waals surface area contributed by atoms with Gasteiger partial charge < -0.3 is 15.8 Å². The van der Waals surface area contributed by atoms with Gasteiger partial charge in [0.1, 0.15) is 6.54 Å². The Morgan fingerprint density at radius 1 is 1.56 bits per heavy atom. The molecule has 1 heterocycles. The topological polar surface area (TPSA) is 90.1 Å². The maximum absolute atomic E-state index is 11.1. The van der Waals surface area contributed by atoms with Gasteiger partial charge in [-0.1, -0.05) is 0 Å². The molecule has 0 bridgehead atoms. The average molecular weight is 245 g/mol. The summed E-state index contributed by atoms with van der Waals surface area (Å²) in [5, 5.41) is 2.83. The van der Waals surface area contributed by atoms with E-state index in [2.05, 4.69) is 15.3 Å². The number of ether oxygens (including phenoxy) is 1. The van der Waals surface area contributed by atoms with Crippen LogP contribution in [0.25, 0.3) is 0 Å². The summed E-state index contributed by atoms with van der Waals surface area (Å²) < 4.78 is 4.75. The van der Waals surface area contributed by atoms with Gasteiger partial charge in [0.2, 0.25) is 5.28 Å². The zero-order valence-electron chi connectivity index (χ0n) is 9.08. The molecule has 3 N–H and O–H groups in total. The number of hydrogen-bond donors (Lipinski definition) is 2. The van der Waals surface area contributed by atoms with Crippen LogP contribution in [-0.2, 0) is 9.53 Å². The number of halogens is 1. The monoisotopic (exact) mass is 244 g/mol. The normalized spacial score (nSPS) is 9.94. The van der Waals surface area contributed by atoms with Crippen LogP contribution in [0.5, 0.6) is 0 Å². The number of nitrogens with two attached hydrogens (primary N) is 1. The lowest BCUT2D eigenvalue weighted by molar-refractivity contribution is -0.140. The number of hydrogen-bond acceptors (Lipinski definition) is 6. The lowest BCUT2D eigenvalue weighted by Gasteiger charge is -2.09. The Bertz CT molecular complexity index is 397. The highest BCUT2D eigenvalue weighted by atomic mass is 35.5. The first-order chi connectivity index (χ1) is 7.54. The van der Waals surface area contributed by atoms with Crippen molar-refractivity contribution < 1.29 is 9.53 Å². The van der Waals surface area contributed by atoms with Crippen molar-refractivity contribution in [2.24, 2.45) is 0 Å². The van der Waals surface area contributed by atoms with E-state index in [0.29, 0.717) is 23.8 Å². The fraction of sp³-hybridized carbons (Fsp3) is 0.444. The Hall–Kier alpha value is -1.56. The van der Waals surface area contributed by atoms with Crippen LogP contribution in [0.4, 0.5) is 11.5 Å². The van der Waals surface area contributed by atoms with Crippen LogP contribution in [0.3, 0.4) is 0 Å². The van der Waals surface area contributed by atoms with Gasteiger partial charge in [0.05, 0.1) is 18.0 Å². The molecule has 1 aromatic rings. The van der Waals surface area contributed by atoms with Crippen molar-refractivity contribution in [3.05, 3.63) is 11.0 Å². The molecule has 0 aliphatic heterocycles. The van der Waals surface area contributed by atoms with Crippen LogP contribution in [0.2, 0.25) is 5.28 Å². The predicted molar refractivity (Wildman–Crippen MR) is 61.3 cm³/mol. The minimum Gasteiger partial charge on any atom is -0.465 e. The zero-order chi connectivity index (χ0) is 12.1. The summed E-state index contributed by atoms with van der Waals surface area (Å²) in [6, 6.07) is 0. The Balaban J connectivity index is 2.70. The van der Waals surface area contributed by atoms with E-state index in [9.17, 15) is 4.79 Å². The second-order valence-electron chi connectivity index (χ2n) is 3.00. The van der Waals surface area contributed by atoms with Gasteiger partial charge in [0.15, 0.2) is 5.82 Å². The maximum atomic E-state index is 11.1. The van der Waals surface area contributed by atoms with Crippen LogP contribution < -0.4 is 11.1 Å². The maximum Gasteiger partial charge on any atom is 0.325 e. The molecule has 0 spiro atoms. The summed E-state index contributed by atoms with van der Waals surface area (Å²) in [4.78, 5) is 18.8. The lowest BCUT2D eigenvalue weighted by Crippen LogP contribution is -2.18. The summed E-state index contributed by atoms with van der Waals surface area (Å²) in [5.41, 5.74) is 6.64. The standard InChI is InChI=1S/C9H13ClN4O2/c1-3-16-6(15)4-12-8-7(11)5(2)13-9(10)14-8/h3-4,11H2,1-2H3,(H,12,13,14). The van der Waals surface area contributed by atoms with Gasteiger partial charge in [-0.15, -0.1) is 0 Å². The van der Waals surface area contributed by atoms with Crippen molar-refractivity contribution in [2.45, 2.75) is 13.8 Å². The molecule has 6 nitrogen and oxygen atoms in total. The number of aryl methyl sites for hydroxylation is 1. The van der Waals surface area contributed by atoms with E-state index in [1.54, 1.807) is 13.8 Å². The van der Waals surface area contributed by atoms with Crippen molar-refractivity contribution in [1.82, 2.24) is 9.97 Å². The highest BCUT2D eigenvalue weighted by Gasteiger charge is 2.09. The van der Waals surface area contributed by atoms with Gasteiger partial charge in [-0.3, -0.25) is 4.79 Å². The molecule has 0 aliphatic carbocycles. The van der Waals surface area contributed by atoms with Gasteiger partial charge in [0.25, 0.3) is 0 Å². The summed E-state index contributed by atoms with van der Waals surface area (Å²) in [6.07, 6.45) is 0. The van der Waals surface area contributed by atoms with Crippen LogP contribution in [0, 0.1) is 6.92 Å². The molecule has 0 aromatic carbocycles. The molecule has 7 heteroatoms. The fourth-order valence-electron chi connectivity index (χ4n) is 1.05. The molecule has 0 atom stereocenters. The molecule has 16 heavy (non-hydrogen) atoms. The molecule has 0 unspecified atom stereocenters. The van der Waals surface area contributed by atoms with Crippen molar-refractivity contribution in [3.63, 3.8) is 0 Å². The Labute approximate surface area is 98.2 Å². The molecule has 0 saturated carbocycles. The van der Waals surface area contributed by atoms with Gasteiger partial charge in [-0.2, -0.15) is 4.98 Å². The Morgan fingerprint density at radius 3 is 2.88 bits per heavy atom. The highest BCUT2D eigenvalue weighted by molar-refractivity contribution is 6.28. The smallest absolute Gasteiger partial charge is 0.325 e. The van der Waals surface area contributed by atoms with Crippen LogP contribution in [0.15, 0.2) is 0 Å². The summed E-state index contributed by atoms with van der Waals surface area (Å²) in [7, 11) is 0. The van der Waals surface area contributed by atoms with Gasteiger partial charge >= 0.3 is 5.97 Å². The zero-order valence-corrected chi connectivity index (χ0v) is 9.84. The fourth-order valence-corrected chi connectivity index (χ4v) is 1.26. The van der Waals surface area contributed by atoms with Crippen molar-refractivity contribution >= 4 is 29.1 Å². The summed E-state index contributed by atoms with van der Waals surface area (Å²) >= 11 is 5.66. The first-order valence-corrected chi connectivity index (χ1v) is 5.11. The SMILES string of the molecule is CCOC(=O)CNc1nc(Cl)nc(C)c1N. The number of carbonyl (C=O) groups excluding carboxylic acids is 1. The largest absolute Gasteiger partial charge is 0.465 e. The molecule has 0 amide bonds. The van der Waals surface area contributed by atoms with Crippen molar-refractivity contribution in [3.8, 4) is 0 Å². The molecule has 0 aliphatic rings. The van der Waals surface area contributed by atoms with E-state index in [0.717, 1.165) is 0 Å². The minimum absolute atomic E-state index is 0.00910. The molecular formula is C9H13ClN4O2. The first-order valence-electron chi connectivity index (χ1n) is 4.73. The summed E-state index contributed by atoms with van der Waals surface area (Å²) in [6.45, 7) is 3.76. The molecule has 1 rings (SSSR count). The second kappa shape index (κ2) is 5.50. The van der Waals surface area contributed by atoms with E-state index in [1.807, 2.05) is 0 Å². The van der Waals surface area contributed by atoms with E-state index < -0.39 is 0 Å². The highest BCUT2D eigenvalue weighted by Crippen LogP contribution is 2.19. The van der Waals surface area contributed by atoms with E-state index in [1.165, 1.54) is 0 Å². The molecule has 1 aromatic heterocycles. The second-order valence-corrected chi connectivity index (χ2v) is 3.34.